The molecule has 2 N–H and O–H groups in total. The molecule has 1 aliphatic heterocycles. The topological polar surface area (TPSA) is 107 Å². The molecule has 0 bridgehead atoms. The first-order valence-electron chi connectivity index (χ1n) is 18.2. The zero-order valence-corrected chi connectivity index (χ0v) is 31.8. The number of rotatable bonds is 14. The number of Topliss-reactive ketones (excluding diaryl/α,β-unsaturated/α-hetero) is 1. The molecule has 1 amide bonds. The Morgan fingerprint density at radius 3 is 2.46 bits per heavy atom. The van der Waals surface area contributed by atoms with Crippen molar-refractivity contribution >= 4 is 38.7 Å². The number of aliphatic hydroxyl groups excluding tert-OH is 1. The van der Waals surface area contributed by atoms with Crippen molar-refractivity contribution in [1.82, 2.24) is 10.2 Å². The van der Waals surface area contributed by atoms with E-state index in [0.717, 1.165) is 46.0 Å². The highest BCUT2D eigenvalue weighted by atomic mass is 32.2. The Morgan fingerprint density at radius 2 is 1.76 bits per heavy atom. The second-order valence-electron chi connectivity index (χ2n) is 15.1. The predicted octanol–water partition coefficient (Wildman–Crippen LogP) is 7.36. The predicted molar refractivity (Wildman–Crippen MR) is 203 cm³/mol. The zero-order valence-electron chi connectivity index (χ0n) is 30.1. The number of nitrogens with one attached hydrogen (secondary N) is 1. The van der Waals surface area contributed by atoms with Crippen LogP contribution in [-0.4, -0.2) is 62.6 Å². The van der Waals surface area contributed by atoms with Crippen LogP contribution in [0.5, 0.6) is 0 Å². The Bertz CT molecular complexity index is 2110. The Labute approximate surface area is 318 Å². The molecule has 0 spiro atoms. The van der Waals surface area contributed by atoms with Gasteiger partial charge < -0.3 is 15.3 Å². The first-order chi connectivity index (χ1) is 25.7. The molecule has 2 saturated carbocycles. The Balaban J connectivity index is 1.10. The number of halogens is 3. The van der Waals surface area contributed by atoms with Crippen LogP contribution in [0.25, 0.3) is 0 Å². The van der Waals surface area contributed by atoms with Crippen molar-refractivity contribution < 1.29 is 36.3 Å². The lowest BCUT2D eigenvalue weighted by molar-refractivity contribution is -0.137. The van der Waals surface area contributed by atoms with Crippen molar-refractivity contribution in [2.45, 2.75) is 57.0 Å². The van der Waals surface area contributed by atoms with Crippen LogP contribution in [0, 0.1) is 23.2 Å². The van der Waals surface area contributed by atoms with E-state index < -0.39 is 33.3 Å². The van der Waals surface area contributed by atoms with Crippen LogP contribution in [-0.2, 0) is 29.2 Å². The number of anilines is 1. The molecule has 1 saturated heterocycles. The number of carbonyl (C=O) groups is 2. The highest BCUT2D eigenvalue weighted by Crippen LogP contribution is 2.68. The van der Waals surface area contributed by atoms with Gasteiger partial charge in [-0.3, -0.25) is 13.9 Å². The molecule has 7 rings (SSSR count). The van der Waals surface area contributed by atoms with E-state index in [-0.39, 0.29) is 65.4 Å². The summed E-state index contributed by atoms with van der Waals surface area (Å²) < 4.78 is 66.1. The van der Waals surface area contributed by atoms with Crippen LogP contribution in [0.1, 0.15) is 74.0 Å². The summed E-state index contributed by atoms with van der Waals surface area (Å²) in [5.74, 6) is -0.759. The molecule has 8 nitrogen and oxygen atoms in total. The van der Waals surface area contributed by atoms with Gasteiger partial charge in [-0.1, -0.05) is 54.6 Å². The van der Waals surface area contributed by atoms with Crippen molar-refractivity contribution in [1.29, 1.82) is 0 Å². The van der Waals surface area contributed by atoms with E-state index in [9.17, 15) is 36.3 Å². The number of ketones is 1. The van der Waals surface area contributed by atoms with E-state index in [0.29, 0.717) is 31.4 Å². The first kappa shape index (κ1) is 38.2. The van der Waals surface area contributed by atoms with Crippen molar-refractivity contribution in [3.05, 3.63) is 123 Å². The second-order valence-corrected chi connectivity index (χ2v) is 18.1. The monoisotopic (exact) mass is 779 g/mol. The third-order valence-corrected chi connectivity index (χ3v) is 13.7. The van der Waals surface area contributed by atoms with Crippen molar-refractivity contribution in [2.24, 2.45) is 23.2 Å². The minimum absolute atomic E-state index is 0.0171. The number of likely N-dealkylation sites (tertiary alicyclic amines) is 1. The van der Waals surface area contributed by atoms with Crippen LogP contribution in [0.15, 0.2) is 90.3 Å². The van der Waals surface area contributed by atoms with Gasteiger partial charge in [0.15, 0.2) is 5.78 Å². The second kappa shape index (κ2) is 14.9. The number of amides is 1. The van der Waals surface area contributed by atoms with Gasteiger partial charge in [-0.25, -0.2) is 8.42 Å². The molecule has 6 atom stereocenters. The molecule has 54 heavy (non-hydrogen) atoms. The smallest absolute Gasteiger partial charge is 0.391 e. The van der Waals surface area contributed by atoms with E-state index in [1.54, 1.807) is 35.6 Å². The number of carbonyl (C=O) groups excluding carboxylic acids is 2. The van der Waals surface area contributed by atoms with Crippen LogP contribution in [0.4, 0.5) is 18.9 Å². The fraction of sp³-hybridized carbons (Fsp3) is 0.415. The molecule has 3 unspecified atom stereocenters. The summed E-state index contributed by atoms with van der Waals surface area (Å²) in [5.41, 5.74) is 1.03. The summed E-state index contributed by atoms with van der Waals surface area (Å²) in [4.78, 5) is 31.2. The number of thiophene rings is 1. The number of alkyl halides is 3. The summed E-state index contributed by atoms with van der Waals surface area (Å²) in [6.45, 7) is 0.880. The minimum atomic E-state index is -4.45. The number of hydrogen-bond acceptors (Lipinski definition) is 7. The molecule has 2 aliphatic carbocycles. The van der Waals surface area contributed by atoms with Gasteiger partial charge in [0, 0.05) is 54.0 Å². The van der Waals surface area contributed by atoms with Crippen LogP contribution in [0.3, 0.4) is 0 Å². The van der Waals surface area contributed by atoms with Gasteiger partial charge in [-0.05, 0) is 90.8 Å². The minimum Gasteiger partial charge on any atom is -0.391 e. The van der Waals surface area contributed by atoms with Crippen LogP contribution >= 0.6 is 11.3 Å². The van der Waals surface area contributed by atoms with E-state index in [1.807, 2.05) is 52.7 Å². The van der Waals surface area contributed by atoms with Gasteiger partial charge >= 0.3 is 6.18 Å². The maximum Gasteiger partial charge on any atom is 0.416 e. The third-order valence-electron chi connectivity index (χ3n) is 11.5. The fourth-order valence-corrected chi connectivity index (χ4v) is 9.76. The lowest BCUT2D eigenvalue weighted by Crippen LogP contribution is -2.36. The summed E-state index contributed by atoms with van der Waals surface area (Å²) in [7, 11) is -2.29. The average molecular weight is 780 g/mol. The highest BCUT2D eigenvalue weighted by molar-refractivity contribution is 7.92. The third kappa shape index (κ3) is 8.00. The number of aliphatic hydroxyl groups is 1. The number of sulfonamides is 1. The van der Waals surface area contributed by atoms with Gasteiger partial charge in [0.2, 0.25) is 10.0 Å². The summed E-state index contributed by atoms with van der Waals surface area (Å²) >= 11 is 1.59. The Kier molecular flexibility index (Phi) is 10.5. The normalized spacial score (nSPS) is 24.3. The maximum absolute atomic E-state index is 14.2. The summed E-state index contributed by atoms with van der Waals surface area (Å²) in [6.07, 6.45) is -0.664. The van der Waals surface area contributed by atoms with E-state index in [1.165, 1.54) is 13.1 Å². The van der Waals surface area contributed by atoms with E-state index in [2.05, 4.69) is 5.32 Å². The molecule has 0 radical (unpaired) electrons. The number of nitrogens with zero attached hydrogens (tertiary/aromatic N) is 2. The van der Waals surface area contributed by atoms with Gasteiger partial charge in [-0.15, -0.1) is 11.3 Å². The van der Waals surface area contributed by atoms with E-state index >= 15 is 0 Å². The largest absolute Gasteiger partial charge is 0.416 e. The summed E-state index contributed by atoms with van der Waals surface area (Å²) in [6, 6.07) is 23.5. The summed E-state index contributed by atoms with van der Waals surface area (Å²) in [5, 5.41) is 16.8. The van der Waals surface area contributed by atoms with Crippen molar-refractivity contribution in [3.63, 3.8) is 0 Å². The Hall–Kier alpha value is -4.04. The Morgan fingerprint density at radius 1 is 1.02 bits per heavy atom. The van der Waals surface area contributed by atoms with Gasteiger partial charge in [0.25, 0.3) is 5.91 Å². The standard InChI is InChI=1S/C41H44F3N3O5S2/c1-46(54(2,51)52)31-19-28(18-29(20-31)39(50)47-15-7-13-35(47)36-14-8-16-53-36)38(49)33-21-32(33)34-23-40(34,22-26-9-4-3-5-10-26)37(48)25-45-24-27-11-6-12-30(17-27)41(42,43)44/h3-6,8-12,14,16-20,32-35,37,45,48H,7,13,15,21-25H2,1-2H3/t32?,33?,34-,35?,37-,40-/m1/s1. The van der Waals surface area contributed by atoms with E-state index in [4.69, 9.17) is 0 Å². The molecule has 3 aromatic carbocycles. The van der Waals surface area contributed by atoms with Crippen LogP contribution < -0.4 is 9.62 Å². The fourth-order valence-electron chi connectivity index (χ4n) is 8.40. The average Bonchev–Trinajstić information content (AvgIpc) is 3.92. The molecule has 4 aromatic rings. The molecule has 3 fully saturated rings. The SMILES string of the molecule is CN(c1cc(C(=O)C2CC2[C@H]2C[C@@]2(Cc2ccccc2)[C@H](O)CNCc2cccc(C(F)(F)F)c2)cc(C(=O)N2CCCC2c2cccs2)c1)S(C)(=O)=O. The maximum atomic E-state index is 14.2. The molecular weight excluding hydrogens is 736 g/mol. The first-order valence-corrected chi connectivity index (χ1v) is 20.9. The molecule has 3 aliphatic rings. The lowest BCUT2D eigenvalue weighted by atomic mass is 9.86. The molecular formula is C41H44F3N3O5S2. The molecule has 286 valence electrons. The van der Waals surface area contributed by atoms with Crippen molar-refractivity contribution in [3.8, 4) is 0 Å². The van der Waals surface area contributed by atoms with Gasteiger partial charge in [0.05, 0.1) is 29.7 Å². The number of benzene rings is 3. The van der Waals surface area contributed by atoms with Gasteiger partial charge in [0.1, 0.15) is 0 Å². The zero-order chi connectivity index (χ0) is 38.4. The molecule has 2 heterocycles. The van der Waals surface area contributed by atoms with Gasteiger partial charge in [-0.2, -0.15) is 13.2 Å². The molecule has 13 heteroatoms. The highest BCUT2D eigenvalue weighted by Gasteiger charge is 2.66. The lowest BCUT2D eigenvalue weighted by Gasteiger charge is -2.26. The molecule has 1 aromatic heterocycles. The number of hydrogen-bond donors (Lipinski definition) is 2. The quantitative estimate of drug-likeness (QED) is 0.130. The van der Waals surface area contributed by atoms with Crippen LogP contribution in [0.2, 0.25) is 0 Å². The van der Waals surface area contributed by atoms with Crippen molar-refractivity contribution in [2.75, 3.05) is 30.7 Å².